The van der Waals surface area contributed by atoms with Crippen molar-refractivity contribution in [2.24, 2.45) is 0 Å². The molecular formula is C22H25ClF2N4O3. The molecule has 0 atom stereocenters. The molecule has 7 nitrogen and oxygen atoms in total. The molecule has 2 aromatic rings. The minimum atomic E-state index is -2.38. The highest BCUT2D eigenvalue weighted by Gasteiger charge is 2.44. The first-order valence-corrected chi connectivity index (χ1v) is 11.4. The zero-order chi connectivity index (χ0) is 22.5. The van der Waals surface area contributed by atoms with Gasteiger partial charge in [0, 0.05) is 37.1 Å². The number of fused-ring (bicyclic) bond motifs is 4. The molecule has 2 N–H and O–H groups in total. The van der Waals surface area contributed by atoms with E-state index in [1.807, 2.05) is 0 Å². The number of urea groups is 1. The predicted molar refractivity (Wildman–Crippen MR) is 116 cm³/mol. The number of hydrogen-bond donors (Lipinski definition) is 2. The Hall–Kier alpha value is -2.39. The first kappa shape index (κ1) is 21.5. The Balaban J connectivity index is 1.48. The molecule has 3 aliphatic rings. The van der Waals surface area contributed by atoms with Crippen molar-refractivity contribution in [1.82, 2.24) is 15.1 Å². The van der Waals surface area contributed by atoms with Crippen molar-refractivity contribution in [2.75, 3.05) is 38.0 Å². The summed E-state index contributed by atoms with van der Waals surface area (Å²) in [7, 11) is 0. The van der Waals surface area contributed by atoms with E-state index in [0.29, 0.717) is 47.9 Å². The van der Waals surface area contributed by atoms with Crippen LogP contribution in [0.1, 0.15) is 48.2 Å². The quantitative estimate of drug-likeness (QED) is 0.702. The maximum atomic E-state index is 13.1. The Labute approximate surface area is 189 Å². The Morgan fingerprint density at radius 2 is 1.88 bits per heavy atom. The van der Waals surface area contributed by atoms with Crippen LogP contribution in [-0.2, 0) is 5.54 Å². The Kier molecular flexibility index (Phi) is 5.49. The minimum Gasteiger partial charge on any atom is -0.450 e. The summed E-state index contributed by atoms with van der Waals surface area (Å²) in [5.74, 6) is -0.0806. The average Bonchev–Trinajstić information content (AvgIpc) is 3.17. The van der Waals surface area contributed by atoms with Gasteiger partial charge in [-0.05, 0) is 25.0 Å². The molecule has 0 bridgehead atoms. The second-order valence-electron chi connectivity index (χ2n) is 8.84. The number of carbonyl (C=O) groups excluding carboxylic acids is 2. The topological polar surface area (TPSA) is 77.8 Å². The van der Waals surface area contributed by atoms with E-state index in [0.717, 1.165) is 37.7 Å². The highest BCUT2D eigenvalue weighted by atomic mass is 35.5. The van der Waals surface area contributed by atoms with E-state index in [2.05, 4.69) is 10.6 Å². The van der Waals surface area contributed by atoms with Crippen LogP contribution in [0.4, 0.5) is 19.3 Å². The van der Waals surface area contributed by atoms with Crippen LogP contribution in [0.15, 0.2) is 16.5 Å². The minimum absolute atomic E-state index is 0.189. The summed E-state index contributed by atoms with van der Waals surface area (Å²) >= 11 is 6.54. The number of halogens is 3. The van der Waals surface area contributed by atoms with Gasteiger partial charge < -0.3 is 20.0 Å². The van der Waals surface area contributed by atoms with Crippen LogP contribution in [0, 0.1) is 0 Å². The Bertz CT molecular complexity index is 1060. The molecule has 0 radical (unpaired) electrons. The summed E-state index contributed by atoms with van der Waals surface area (Å²) in [5, 5.41) is 7.02. The van der Waals surface area contributed by atoms with Gasteiger partial charge in [0.25, 0.3) is 12.3 Å². The summed E-state index contributed by atoms with van der Waals surface area (Å²) in [5.41, 5.74) is 1.33. The SMILES string of the molecule is O=C1Nc2c(Cl)cc3cc(C(=O)N4CCN(CC(F)F)CC4)oc3c2C2(CCCCC2)N1. The lowest BCUT2D eigenvalue weighted by Gasteiger charge is -2.42. The zero-order valence-electron chi connectivity index (χ0n) is 17.6. The van der Waals surface area contributed by atoms with E-state index in [1.165, 1.54) is 0 Å². The maximum absolute atomic E-state index is 13.1. The molecule has 32 heavy (non-hydrogen) atoms. The van der Waals surface area contributed by atoms with Crippen molar-refractivity contribution in [3.05, 3.63) is 28.5 Å². The number of anilines is 1. The second-order valence-corrected chi connectivity index (χ2v) is 9.25. The van der Waals surface area contributed by atoms with E-state index in [-0.39, 0.29) is 24.2 Å². The van der Waals surface area contributed by atoms with E-state index in [9.17, 15) is 18.4 Å². The third-order valence-corrected chi connectivity index (χ3v) is 7.10. The fourth-order valence-corrected chi connectivity index (χ4v) is 5.53. The normalized spacial score (nSPS) is 21.0. The summed E-state index contributed by atoms with van der Waals surface area (Å²) < 4.78 is 31.4. The highest BCUT2D eigenvalue weighted by molar-refractivity contribution is 6.35. The Morgan fingerprint density at radius 1 is 1.16 bits per heavy atom. The van der Waals surface area contributed by atoms with Gasteiger partial charge in [-0.1, -0.05) is 30.9 Å². The van der Waals surface area contributed by atoms with Crippen LogP contribution in [0.25, 0.3) is 11.0 Å². The number of furan rings is 1. The predicted octanol–water partition coefficient (Wildman–Crippen LogP) is 4.40. The molecule has 0 unspecified atom stereocenters. The van der Waals surface area contributed by atoms with Crippen LogP contribution in [0.2, 0.25) is 5.02 Å². The fraction of sp³-hybridized carbons (Fsp3) is 0.545. The van der Waals surface area contributed by atoms with Crippen LogP contribution in [0.3, 0.4) is 0 Å². The number of nitrogens with one attached hydrogen (secondary N) is 2. The third kappa shape index (κ3) is 3.71. The van der Waals surface area contributed by atoms with Gasteiger partial charge in [0.15, 0.2) is 5.76 Å². The smallest absolute Gasteiger partial charge is 0.319 e. The third-order valence-electron chi connectivity index (χ3n) is 6.80. The molecule has 172 valence electrons. The summed E-state index contributed by atoms with van der Waals surface area (Å²) in [6.07, 6.45) is 2.22. The number of nitrogens with zero attached hydrogens (tertiary/aromatic N) is 2. The monoisotopic (exact) mass is 466 g/mol. The van der Waals surface area contributed by atoms with E-state index in [4.69, 9.17) is 16.0 Å². The van der Waals surface area contributed by atoms with E-state index >= 15 is 0 Å². The molecule has 1 aromatic carbocycles. The average molecular weight is 467 g/mol. The lowest BCUT2D eigenvalue weighted by molar-refractivity contribution is 0.0441. The first-order chi connectivity index (χ1) is 15.4. The van der Waals surface area contributed by atoms with Crippen molar-refractivity contribution in [2.45, 2.75) is 44.1 Å². The van der Waals surface area contributed by atoms with Gasteiger partial charge in [-0.25, -0.2) is 13.6 Å². The number of rotatable bonds is 3. The molecule has 5 rings (SSSR count). The van der Waals surface area contributed by atoms with Crippen molar-refractivity contribution >= 4 is 40.2 Å². The number of piperazine rings is 1. The van der Waals surface area contributed by atoms with Crippen molar-refractivity contribution < 1.29 is 22.8 Å². The number of amides is 3. The maximum Gasteiger partial charge on any atom is 0.319 e. The van der Waals surface area contributed by atoms with E-state index in [1.54, 1.807) is 21.9 Å². The van der Waals surface area contributed by atoms with Crippen molar-refractivity contribution in [1.29, 1.82) is 0 Å². The van der Waals surface area contributed by atoms with E-state index < -0.39 is 12.0 Å². The largest absolute Gasteiger partial charge is 0.450 e. The van der Waals surface area contributed by atoms with Crippen LogP contribution in [-0.4, -0.2) is 60.9 Å². The summed E-state index contributed by atoms with van der Waals surface area (Å²) in [6.45, 7) is 1.25. The molecular weight excluding hydrogens is 442 g/mol. The molecule has 1 spiro atoms. The standard InChI is InChI=1S/C22H25ClF2N4O3/c23-14-10-13-11-15(20(30)29-8-6-28(7-9-29)12-16(24)25)32-19(13)17-18(14)26-21(31)27-22(17)4-2-1-3-5-22/h10-11,16H,1-9,12H2,(H2,26,27,31). The van der Waals surface area contributed by atoms with Gasteiger partial charge in [-0.3, -0.25) is 9.69 Å². The van der Waals surface area contributed by atoms with Gasteiger partial charge >= 0.3 is 6.03 Å². The van der Waals surface area contributed by atoms with Gasteiger partial charge in [0.1, 0.15) is 5.58 Å². The molecule has 2 aliphatic heterocycles. The highest BCUT2D eigenvalue weighted by Crippen LogP contribution is 2.49. The fourth-order valence-electron chi connectivity index (χ4n) is 5.27. The van der Waals surface area contributed by atoms with Gasteiger partial charge in [0.2, 0.25) is 0 Å². The number of alkyl halides is 2. The van der Waals surface area contributed by atoms with Crippen LogP contribution in [0.5, 0.6) is 0 Å². The van der Waals surface area contributed by atoms with Crippen LogP contribution >= 0.6 is 11.6 Å². The summed E-state index contributed by atoms with van der Waals surface area (Å²) in [6, 6.07) is 3.10. The molecule has 1 aromatic heterocycles. The molecule has 1 aliphatic carbocycles. The second kappa shape index (κ2) is 8.19. The van der Waals surface area contributed by atoms with Crippen LogP contribution < -0.4 is 10.6 Å². The van der Waals surface area contributed by atoms with Crippen molar-refractivity contribution in [3.8, 4) is 0 Å². The number of carbonyl (C=O) groups is 2. The molecule has 3 heterocycles. The van der Waals surface area contributed by atoms with Gasteiger partial charge in [-0.2, -0.15) is 0 Å². The van der Waals surface area contributed by atoms with Gasteiger partial charge in [-0.15, -0.1) is 0 Å². The lowest BCUT2D eigenvalue weighted by Crippen LogP contribution is -2.52. The zero-order valence-corrected chi connectivity index (χ0v) is 18.3. The van der Waals surface area contributed by atoms with Gasteiger partial charge in [0.05, 0.1) is 22.8 Å². The van der Waals surface area contributed by atoms with Crippen molar-refractivity contribution in [3.63, 3.8) is 0 Å². The molecule has 1 saturated heterocycles. The Morgan fingerprint density at radius 3 is 2.56 bits per heavy atom. The molecule has 3 amide bonds. The molecule has 2 fully saturated rings. The number of hydrogen-bond acceptors (Lipinski definition) is 4. The number of benzene rings is 1. The molecule has 10 heteroatoms. The molecule has 1 saturated carbocycles. The first-order valence-electron chi connectivity index (χ1n) is 11.0. The summed E-state index contributed by atoms with van der Waals surface area (Å²) in [4.78, 5) is 28.8. The lowest BCUT2D eigenvalue weighted by atomic mass is 9.74.